The molecule has 238 valence electrons. The molecule has 13 heteroatoms. The van der Waals surface area contributed by atoms with Gasteiger partial charge in [0.1, 0.15) is 12.4 Å². The first-order valence-corrected chi connectivity index (χ1v) is 14.6. The van der Waals surface area contributed by atoms with Gasteiger partial charge in [0.05, 0.1) is 31.1 Å². The van der Waals surface area contributed by atoms with Crippen LogP contribution >= 0.6 is 0 Å². The Morgan fingerprint density at radius 3 is 2.88 bits per heavy atom. The molecule has 3 atom stereocenters. The fourth-order valence-corrected chi connectivity index (χ4v) is 5.39. The smallest absolute Gasteiger partial charge is 0.493 e. The number of ether oxygens (including phenoxy) is 3. The number of likely N-dealkylation sites (N-methyl/N-ethyl adjacent to an activating group) is 1. The molecule has 0 radical (unpaired) electrons. The number of anilines is 1. The first-order valence-electron chi connectivity index (χ1n) is 14.6. The van der Waals surface area contributed by atoms with Crippen LogP contribution in [0.25, 0.3) is 0 Å². The molecule has 0 amide bonds. The molecule has 0 aromatic carbocycles. The largest absolute Gasteiger partial charge is 0.574 e. The summed E-state index contributed by atoms with van der Waals surface area (Å²) in [6.45, 7) is 5.96. The van der Waals surface area contributed by atoms with Gasteiger partial charge in [0.2, 0.25) is 5.88 Å². The van der Waals surface area contributed by atoms with E-state index in [-0.39, 0.29) is 18.2 Å². The molecule has 1 fully saturated rings. The van der Waals surface area contributed by atoms with Crippen molar-refractivity contribution in [1.82, 2.24) is 20.3 Å². The topological polar surface area (TPSA) is 97.4 Å². The highest BCUT2D eigenvalue weighted by Gasteiger charge is 2.32. The molecule has 2 N–H and O–H groups in total. The molecule has 1 aromatic heterocycles. The van der Waals surface area contributed by atoms with Gasteiger partial charge in [0, 0.05) is 63.9 Å². The number of aromatic nitrogens is 1. The van der Waals surface area contributed by atoms with Crippen molar-refractivity contribution in [3.63, 3.8) is 0 Å². The highest BCUT2D eigenvalue weighted by molar-refractivity contribution is 5.57. The standard InChI is InChI=1S/C30H42F3N5O5/c1-21(40-3)4-6-26(19-39)38-17-24-12-27(7-5-23(24)20-41-38)42-28-9-11-37(18-28)16-22(14-34-2)15-36-25-8-10-35-29(13-25)43-30(31,32)33/h8,10,12-13,15,19,21,26,28,34H,4-7,9,11,14,16-18,20H2,1-3H3,(H,35,36)/b22-15+/t21?,26?,28-/m0/s1. The normalized spacial score (nSPS) is 21.7. The molecule has 3 heterocycles. The molecule has 43 heavy (non-hydrogen) atoms. The number of carbonyl (C=O) groups excluding carboxylic acids is 1. The summed E-state index contributed by atoms with van der Waals surface area (Å²) in [5, 5.41) is 7.99. The molecule has 3 aliphatic rings. The molecule has 0 spiro atoms. The number of likely N-dealkylation sites (tertiary alicyclic amines) is 1. The Morgan fingerprint density at radius 1 is 1.30 bits per heavy atom. The monoisotopic (exact) mass is 609 g/mol. The number of alkyl halides is 3. The molecule has 2 unspecified atom stereocenters. The number of carbonyl (C=O) groups is 1. The number of nitrogens with zero attached hydrogens (tertiary/aromatic N) is 3. The lowest BCUT2D eigenvalue weighted by atomic mass is 9.95. The second-order valence-electron chi connectivity index (χ2n) is 11.1. The molecule has 1 aliphatic carbocycles. The van der Waals surface area contributed by atoms with E-state index in [2.05, 4.69) is 31.3 Å². The van der Waals surface area contributed by atoms with E-state index < -0.39 is 12.2 Å². The van der Waals surface area contributed by atoms with Crippen molar-refractivity contribution in [3.8, 4) is 5.88 Å². The summed E-state index contributed by atoms with van der Waals surface area (Å²) in [5.74, 6) is 0.444. The maximum atomic E-state index is 12.5. The summed E-state index contributed by atoms with van der Waals surface area (Å²) in [6.07, 6.45) is 5.52. The van der Waals surface area contributed by atoms with Crippen LogP contribution in [0.2, 0.25) is 0 Å². The van der Waals surface area contributed by atoms with Gasteiger partial charge >= 0.3 is 6.36 Å². The Labute approximate surface area is 250 Å². The van der Waals surface area contributed by atoms with Gasteiger partial charge in [-0.15, -0.1) is 13.2 Å². The van der Waals surface area contributed by atoms with Crippen LogP contribution in [-0.4, -0.2) is 99.3 Å². The van der Waals surface area contributed by atoms with Gasteiger partial charge in [-0.05, 0) is 68.5 Å². The maximum absolute atomic E-state index is 12.5. The van der Waals surface area contributed by atoms with E-state index >= 15 is 0 Å². The van der Waals surface area contributed by atoms with Crippen LogP contribution in [0.5, 0.6) is 5.88 Å². The molecule has 0 saturated carbocycles. The predicted molar refractivity (Wildman–Crippen MR) is 155 cm³/mol. The lowest BCUT2D eigenvalue weighted by Crippen LogP contribution is -2.42. The van der Waals surface area contributed by atoms with Crippen molar-refractivity contribution in [2.75, 3.05) is 58.8 Å². The molecular weight excluding hydrogens is 567 g/mol. The van der Waals surface area contributed by atoms with Crippen LogP contribution in [0.4, 0.5) is 18.9 Å². The SMILES string of the molecule is CNC/C(=C\Nc1ccnc(OC(F)(F)F)c1)CN1CC[C@H](OC2=CC3=C(CC2)CON(C(C=O)CCC(C)OC)C3)C1. The highest BCUT2D eigenvalue weighted by atomic mass is 19.4. The van der Waals surface area contributed by atoms with Crippen molar-refractivity contribution in [1.29, 1.82) is 0 Å². The third-order valence-electron chi connectivity index (χ3n) is 7.77. The number of hydrogen-bond donors (Lipinski definition) is 2. The van der Waals surface area contributed by atoms with Gasteiger partial charge in [0.15, 0.2) is 0 Å². The number of nitrogens with one attached hydrogen (secondary N) is 2. The van der Waals surface area contributed by atoms with E-state index in [0.717, 1.165) is 56.4 Å². The zero-order chi connectivity index (χ0) is 30.8. The van der Waals surface area contributed by atoms with Crippen molar-refractivity contribution >= 4 is 12.0 Å². The Bertz CT molecular complexity index is 1180. The summed E-state index contributed by atoms with van der Waals surface area (Å²) in [5.41, 5.74) is 3.90. The van der Waals surface area contributed by atoms with E-state index in [9.17, 15) is 18.0 Å². The minimum Gasteiger partial charge on any atom is -0.493 e. The zero-order valence-electron chi connectivity index (χ0n) is 25.0. The maximum Gasteiger partial charge on any atom is 0.574 e. The number of rotatable bonds is 15. The molecular formula is C30H42F3N5O5. The first-order chi connectivity index (χ1) is 20.6. The third kappa shape index (κ3) is 10.3. The van der Waals surface area contributed by atoms with Crippen LogP contribution in [0.15, 0.2) is 53.1 Å². The van der Waals surface area contributed by atoms with Crippen molar-refractivity contribution < 1.29 is 37.0 Å². The summed E-state index contributed by atoms with van der Waals surface area (Å²) in [4.78, 5) is 23.7. The Hall–Kier alpha value is -2.97. The first kappa shape index (κ1) is 32.9. The predicted octanol–water partition coefficient (Wildman–Crippen LogP) is 4.19. The van der Waals surface area contributed by atoms with Gasteiger partial charge in [-0.2, -0.15) is 5.06 Å². The fourth-order valence-electron chi connectivity index (χ4n) is 5.39. The second-order valence-corrected chi connectivity index (χ2v) is 11.1. The molecule has 2 aliphatic heterocycles. The third-order valence-corrected chi connectivity index (χ3v) is 7.77. The van der Waals surface area contributed by atoms with Crippen molar-refractivity contribution in [2.45, 2.75) is 63.6 Å². The van der Waals surface area contributed by atoms with Gasteiger partial charge < -0.3 is 29.6 Å². The Balaban J connectivity index is 1.29. The van der Waals surface area contributed by atoms with E-state index in [1.54, 1.807) is 24.4 Å². The number of methoxy groups -OCH3 is 1. The van der Waals surface area contributed by atoms with Crippen molar-refractivity contribution in [3.05, 3.63) is 53.1 Å². The molecule has 10 nitrogen and oxygen atoms in total. The Morgan fingerprint density at radius 2 is 2.14 bits per heavy atom. The number of aldehydes is 1. The van der Waals surface area contributed by atoms with Crippen LogP contribution < -0.4 is 15.4 Å². The van der Waals surface area contributed by atoms with E-state index in [1.165, 1.54) is 23.4 Å². The number of hydrogen-bond acceptors (Lipinski definition) is 10. The number of hydroxylamine groups is 2. The fraction of sp³-hybridized carbons (Fsp3) is 0.600. The summed E-state index contributed by atoms with van der Waals surface area (Å²) in [6, 6.07) is 2.46. The molecule has 4 rings (SSSR count). The van der Waals surface area contributed by atoms with Crippen LogP contribution in [0.3, 0.4) is 0 Å². The second kappa shape index (κ2) is 15.7. The van der Waals surface area contributed by atoms with E-state index in [4.69, 9.17) is 14.3 Å². The Kier molecular flexibility index (Phi) is 12.0. The van der Waals surface area contributed by atoms with Gasteiger partial charge in [-0.1, -0.05) is 0 Å². The van der Waals surface area contributed by atoms with Crippen molar-refractivity contribution in [2.24, 2.45) is 0 Å². The number of halogens is 3. The summed E-state index contributed by atoms with van der Waals surface area (Å²) in [7, 11) is 3.52. The van der Waals surface area contributed by atoms with E-state index in [1.807, 2.05) is 14.0 Å². The van der Waals surface area contributed by atoms with E-state index in [0.29, 0.717) is 38.3 Å². The average Bonchev–Trinajstić information content (AvgIpc) is 3.41. The average molecular weight is 610 g/mol. The van der Waals surface area contributed by atoms with Crippen LogP contribution in [0, 0.1) is 0 Å². The number of pyridine rings is 1. The minimum atomic E-state index is -4.80. The lowest BCUT2D eigenvalue weighted by Gasteiger charge is -2.35. The van der Waals surface area contributed by atoms with Gasteiger partial charge in [-0.25, -0.2) is 4.98 Å². The summed E-state index contributed by atoms with van der Waals surface area (Å²) >= 11 is 0. The molecule has 1 saturated heterocycles. The zero-order valence-corrected chi connectivity index (χ0v) is 25.0. The minimum absolute atomic E-state index is 0.0636. The van der Waals surface area contributed by atoms with Crippen LogP contribution in [-0.2, 0) is 19.1 Å². The quantitative estimate of drug-likeness (QED) is 0.282. The number of allylic oxidation sites excluding steroid dienone is 1. The molecule has 0 bridgehead atoms. The van der Waals surface area contributed by atoms with Gasteiger partial charge in [0.25, 0.3) is 0 Å². The molecule has 1 aromatic rings. The highest BCUT2D eigenvalue weighted by Crippen LogP contribution is 2.31. The van der Waals surface area contributed by atoms with Gasteiger partial charge in [-0.3, -0.25) is 9.74 Å². The van der Waals surface area contributed by atoms with Crippen LogP contribution in [0.1, 0.15) is 39.0 Å². The lowest BCUT2D eigenvalue weighted by molar-refractivity contribution is -0.276. The summed E-state index contributed by atoms with van der Waals surface area (Å²) < 4.78 is 53.3.